The van der Waals surface area contributed by atoms with Crippen LogP contribution >= 0.6 is 0 Å². The summed E-state index contributed by atoms with van der Waals surface area (Å²) < 4.78 is 0. The Morgan fingerprint density at radius 2 is 1.42 bits per heavy atom. The fourth-order valence-electron chi connectivity index (χ4n) is 3.48. The van der Waals surface area contributed by atoms with Gasteiger partial charge >= 0.3 is 5.97 Å². The van der Waals surface area contributed by atoms with Gasteiger partial charge in [-0.15, -0.1) is 0 Å². The Morgan fingerprint density at radius 1 is 0.895 bits per heavy atom. The van der Waals surface area contributed by atoms with E-state index in [1.165, 1.54) is 12.8 Å². The van der Waals surface area contributed by atoms with Crippen molar-refractivity contribution in [2.24, 2.45) is 11.8 Å². The average molecular weight is 267 g/mol. The molecule has 19 heavy (non-hydrogen) atoms. The van der Waals surface area contributed by atoms with Gasteiger partial charge in [0.15, 0.2) is 0 Å². The molecule has 2 aliphatic carbocycles. The van der Waals surface area contributed by atoms with Crippen molar-refractivity contribution in [3.63, 3.8) is 0 Å². The van der Waals surface area contributed by atoms with Gasteiger partial charge in [-0.25, -0.2) is 4.79 Å². The summed E-state index contributed by atoms with van der Waals surface area (Å²) in [5, 5.41) is 12.2. The molecule has 0 bridgehead atoms. The van der Waals surface area contributed by atoms with Gasteiger partial charge in [-0.3, -0.25) is 4.79 Å². The monoisotopic (exact) mass is 267 g/mol. The van der Waals surface area contributed by atoms with Crippen LogP contribution in [0.3, 0.4) is 0 Å². The Morgan fingerprint density at radius 3 is 1.95 bits per heavy atom. The number of amides is 1. The summed E-state index contributed by atoms with van der Waals surface area (Å²) in [6.45, 7) is 0. The molecular weight excluding hydrogens is 242 g/mol. The van der Waals surface area contributed by atoms with Gasteiger partial charge in [-0.05, 0) is 31.6 Å². The predicted molar refractivity (Wildman–Crippen MR) is 72.7 cm³/mol. The lowest BCUT2D eigenvalue weighted by atomic mass is 9.83. The first kappa shape index (κ1) is 14.4. The second kappa shape index (κ2) is 6.92. The van der Waals surface area contributed by atoms with Gasteiger partial charge in [-0.2, -0.15) is 0 Å². The van der Waals surface area contributed by atoms with E-state index in [0.29, 0.717) is 0 Å². The summed E-state index contributed by atoms with van der Waals surface area (Å²) in [5.74, 6) is -0.730. The van der Waals surface area contributed by atoms with Crippen molar-refractivity contribution in [2.75, 3.05) is 0 Å². The Bertz CT molecular complexity index is 317. The smallest absolute Gasteiger partial charge is 0.326 e. The van der Waals surface area contributed by atoms with E-state index in [9.17, 15) is 14.7 Å². The third-order valence-corrected chi connectivity index (χ3v) is 4.66. The molecule has 0 radical (unpaired) electrons. The molecule has 4 nitrogen and oxygen atoms in total. The van der Waals surface area contributed by atoms with Gasteiger partial charge in [0.25, 0.3) is 0 Å². The van der Waals surface area contributed by atoms with Gasteiger partial charge in [0.2, 0.25) is 5.91 Å². The SMILES string of the molecule is O=C(N[C@@H](C(=O)O)C1CCCCC1)C1CCCCC1. The minimum Gasteiger partial charge on any atom is -0.480 e. The van der Waals surface area contributed by atoms with E-state index < -0.39 is 12.0 Å². The maximum atomic E-state index is 12.2. The van der Waals surface area contributed by atoms with Crippen LogP contribution in [0.4, 0.5) is 0 Å². The van der Waals surface area contributed by atoms with Gasteiger partial charge in [-0.1, -0.05) is 38.5 Å². The fraction of sp³-hybridized carbons (Fsp3) is 0.867. The van der Waals surface area contributed by atoms with Crippen LogP contribution in [0.1, 0.15) is 64.2 Å². The molecule has 0 aromatic rings. The van der Waals surface area contributed by atoms with E-state index in [1.54, 1.807) is 0 Å². The predicted octanol–water partition coefficient (Wildman–Crippen LogP) is 2.72. The Kier molecular flexibility index (Phi) is 5.23. The van der Waals surface area contributed by atoms with Gasteiger partial charge < -0.3 is 10.4 Å². The van der Waals surface area contributed by atoms with Crippen molar-refractivity contribution in [3.05, 3.63) is 0 Å². The molecular formula is C15H25NO3. The van der Waals surface area contributed by atoms with E-state index in [0.717, 1.165) is 51.4 Å². The largest absolute Gasteiger partial charge is 0.480 e. The van der Waals surface area contributed by atoms with Crippen molar-refractivity contribution in [3.8, 4) is 0 Å². The van der Waals surface area contributed by atoms with Crippen LogP contribution in [-0.2, 0) is 9.59 Å². The normalized spacial score (nSPS) is 23.8. The lowest BCUT2D eigenvalue weighted by Crippen LogP contribution is -2.48. The second-order valence-corrected chi connectivity index (χ2v) is 6.06. The quantitative estimate of drug-likeness (QED) is 0.823. The van der Waals surface area contributed by atoms with Crippen LogP contribution in [0.15, 0.2) is 0 Å². The molecule has 108 valence electrons. The first-order chi connectivity index (χ1) is 9.18. The number of carboxylic acid groups (broad SMARTS) is 1. The topological polar surface area (TPSA) is 66.4 Å². The maximum Gasteiger partial charge on any atom is 0.326 e. The molecule has 0 aromatic carbocycles. The zero-order chi connectivity index (χ0) is 13.7. The van der Waals surface area contributed by atoms with E-state index in [2.05, 4.69) is 5.32 Å². The van der Waals surface area contributed by atoms with Gasteiger partial charge in [0, 0.05) is 5.92 Å². The van der Waals surface area contributed by atoms with Gasteiger partial charge in [0.1, 0.15) is 6.04 Å². The van der Waals surface area contributed by atoms with Crippen LogP contribution in [0, 0.1) is 11.8 Å². The maximum absolute atomic E-state index is 12.2. The van der Waals surface area contributed by atoms with E-state index in [4.69, 9.17) is 0 Å². The number of rotatable bonds is 4. The summed E-state index contributed by atoms with van der Waals surface area (Å²) in [6.07, 6.45) is 10.5. The van der Waals surface area contributed by atoms with Crippen LogP contribution in [0.2, 0.25) is 0 Å². The molecule has 2 fully saturated rings. The summed E-state index contributed by atoms with van der Waals surface area (Å²) in [4.78, 5) is 23.6. The molecule has 4 heteroatoms. The lowest BCUT2D eigenvalue weighted by molar-refractivity contribution is -0.144. The van der Waals surface area contributed by atoms with Gasteiger partial charge in [0.05, 0.1) is 0 Å². The molecule has 0 heterocycles. The van der Waals surface area contributed by atoms with Crippen LogP contribution in [0.25, 0.3) is 0 Å². The third-order valence-electron chi connectivity index (χ3n) is 4.66. The average Bonchev–Trinajstić information content (AvgIpc) is 2.46. The van der Waals surface area contributed by atoms with Crippen molar-refractivity contribution < 1.29 is 14.7 Å². The zero-order valence-corrected chi connectivity index (χ0v) is 11.6. The molecule has 2 rings (SSSR count). The van der Waals surface area contributed by atoms with Crippen LogP contribution in [-0.4, -0.2) is 23.0 Å². The summed E-state index contributed by atoms with van der Waals surface area (Å²) in [7, 11) is 0. The number of nitrogens with one attached hydrogen (secondary N) is 1. The molecule has 0 spiro atoms. The van der Waals surface area contributed by atoms with Crippen molar-refractivity contribution in [1.29, 1.82) is 0 Å². The highest BCUT2D eigenvalue weighted by molar-refractivity contribution is 5.85. The Hall–Kier alpha value is -1.06. The minimum atomic E-state index is -0.865. The van der Waals surface area contributed by atoms with E-state index >= 15 is 0 Å². The minimum absolute atomic E-state index is 0.0299. The molecule has 0 saturated heterocycles. The van der Waals surface area contributed by atoms with E-state index in [1.807, 2.05) is 0 Å². The van der Waals surface area contributed by atoms with E-state index in [-0.39, 0.29) is 17.7 Å². The summed E-state index contributed by atoms with van der Waals surface area (Å²) in [5.41, 5.74) is 0. The number of hydrogen-bond donors (Lipinski definition) is 2. The molecule has 0 aromatic heterocycles. The van der Waals surface area contributed by atoms with Crippen molar-refractivity contribution in [2.45, 2.75) is 70.3 Å². The molecule has 1 amide bonds. The first-order valence-corrected chi connectivity index (χ1v) is 7.71. The standard InChI is InChI=1S/C15H25NO3/c17-14(12-9-5-2-6-10-12)16-13(15(18)19)11-7-3-1-4-8-11/h11-13H,1-10H2,(H,16,17)(H,18,19)/t13-/m1/s1. The Balaban J connectivity index is 1.91. The molecule has 2 aliphatic rings. The second-order valence-electron chi connectivity index (χ2n) is 6.06. The number of hydrogen-bond acceptors (Lipinski definition) is 2. The number of aliphatic carboxylic acids is 1. The number of carboxylic acids is 1. The molecule has 0 aliphatic heterocycles. The molecule has 1 atom stereocenters. The highest BCUT2D eigenvalue weighted by Gasteiger charge is 2.32. The lowest BCUT2D eigenvalue weighted by Gasteiger charge is -2.30. The van der Waals surface area contributed by atoms with Crippen molar-refractivity contribution >= 4 is 11.9 Å². The third kappa shape index (κ3) is 3.95. The highest BCUT2D eigenvalue weighted by atomic mass is 16.4. The summed E-state index contributed by atoms with van der Waals surface area (Å²) >= 11 is 0. The van der Waals surface area contributed by atoms with Crippen LogP contribution < -0.4 is 5.32 Å². The highest BCUT2D eigenvalue weighted by Crippen LogP contribution is 2.28. The molecule has 0 unspecified atom stereocenters. The van der Waals surface area contributed by atoms with Crippen molar-refractivity contribution in [1.82, 2.24) is 5.32 Å². The molecule has 2 N–H and O–H groups in total. The number of carbonyl (C=O) groups excluding carboxylic acids is 1. The first-order valence-electron chi connectivity index (χ1n) is 7.71. The fourth-order valence-corrected chi connectivity index (χ4v) is 3.48. The summed E-state index contributed by atoms with van der Waals surface area (Å²) in [6, 6.07) is -0.672. The number of carbonyl (C=O) groups is 2. The molecule has 2 saturated carbocycles. The zero-order valence-electron chi connectivity index (χ0n) is 11.6. The van der Waals surface area contributed by atoms with Crippen LogP contribution in [0.5, 0.6) is 0 Å². The Labute approximate surface area is 115 Å².